The van der Waals surface area contributed by atoms with E-state index in [9.17, 15) is 9.90 Å². The lowest BCUT2D eigenvalue weighted by Crippen LogP contribution is -2.54. The summed E-state index contributed by atoms with van der Waals surface area (Å²) in [6.45, 7) is 12.1. The van der Waals surface area contributed by atoms with Crippen LogP contribution in [0.3, 0.4) is 0 Å². The number of nitrogens with zero attached hydrogens (tertiary/aromatic N) is 4. The summed E-state index contributed by atoms with van der Waals surface area (Å²) in [5.41, 5.74) is 2.83. The number of benzene rings is 1. The Kier molecular flexibility index (Phi) is 7.40. The van der Waals surface area contributed by atoms with E-state index < -0.39 is 6.10 Å². The van der Waals surface area contributed by atoms with E-state index >= 15 is 0 Å². The molecule has 2 atom stereocenters. The molecular weight excluding hydrogens is 422 g/mol. The number of nitrogens with one attached hydrogen (secondary N) is 1. The van der Waals surface area contributed by atoms with Crippen molar-refractivity contribution in [1.82, 2.24) is 20.0 Å². The third-order valence-corrected chi connectivity index (χ3v) is 5.41. The monoisotopic (exact) mass is 451 g/mol. The lowest BCUT2D eigenvalue weighted by molar-refractivity contribution is 0.0349. The van der Waals surface area contributed by atoms with E-state index in [1.165, 1.54) is 0 Å². The number of hydrogen-bond acceptors (Lipinski definition) is 8. The van der Waals surface area contributed by atoms with Crippen molar-refractivity contribution in [1.29, 1.82) is 0 Å². The van der Waals surface area contributed by atoms with Gasteiger partial charge in [-0.2, -0.15) is 0 Å². The smallest absolute Gasteiger partial charge is 0.410 e. The SMILES string of the molecule is Cc1c(CN2CCN(C(=O)OC(C)C)[C@@H](C)C2)cc(Cl)cc1Nc1nnc(C(C)O)o1. The molecule has 170 valence electrons. The van der Waals surface area contributed by atoms with Gasteiger partial charge in [0, 0.05) is 42.9 Å². The van der Waals surface area contributed by atoms with Crippen LogP contribution in [0, 0.1) is 6.92 Å². The van der Waals surface area contributed by atoms with Crippen LogP contribution in [0.5, 0.6) is 0 Å². The molecule has 1 fully saturated rings. The maximum absolute atomic E-state index is 12.3. The number of halogens is 1. The van der Waals surface area contributed by atoms with Gasteiger partial charge in [0.15, 0.2) is 0 Å². The van der Waals surface area contributed by atoms with Crippen molar-refractivity contribution < 1.29 is 19.1 Å². The Labute approximate surface area is 187 Å². The molecule has 0 bridgehead atoms. The Balaban J connectivity index is 1.69. The first-order valence-corrected chi connectivity index (χ1v) is 10.8. The van der Waals surface area contributed by atoms with E-state index in [2.05, 4.69) is 20.4 Å². The fourth-order valence-electron chi connectivity index (χ4n) is 3.56. The molecule has 1 aromatic heterocycles. The average Bonchev–Trinajstić information content (AvgIpc) is 3.14. The zero-order valence-electron chi connectivity index (χ0n) is 18.6. The molecule has 2 N–H and O–H groups in total. The van der Waals surface area contributed by atoms with Crippen LogP contribution in [0.4, 0.5) is 16.5 Å². The van der Waals surface area contributed by atoms with E-state index in [4.69, 9.17) is 20.8 Å². The zero-order chi connectivity index (χ0) is 22.7. The summed E-state index contributed by atoms with van der Waals surface area (Å²) in [4.78, 5) is 16.3. The molecular formula is C21H30ClN5O4. The summed E-state index contributed by atoms with van der Waals surface area (Å²) in [6, 6.07) is 3.99. The number of aliphatic hydroxyl groups excluding tert-OH is 1. The number of amides is 1. The van der Waals surface area contributed by atoms with Crippen molar-refractivity contribution in [3.63, 3.8) is 0 Å². The number of ether oxygens (including phenoxy) is 1. The maximum atomic E-state index is 12.3. The molecule has 1 aliphatic rings. The lowest BCUT2D eigenvalue weighted by Gasteiger charge is -2.39. The van der Waals surface area contributed by atoms with Gasteiger partial charge in [0.25, 0.3) is 0 Å². The quantitative estimate of drug-likeness (QED) is 0.681. The molecule has 10 heteroatoms. The van der Waals surface area contributed by atoms with Crippen molar-refractivity contribution in [2.45, 2.75) is 59.4 Å². The number of aliphatic hydroxyl groups is 1. The van der Waals surface area contributed by atoms with Crippen molar-refractivity contribution in [2.75, 3.05) is 25.0 Å². The minimum Gasteiger partial charge on any atom is -0.447 e. The second kappa shape index (κ2) is 9.84. The summed E-state index contributed by atoms with van der Waals surface area (Å²) < 4.78 is 10.8. The second-order valence-electron chi connectivity index (χ2n) is 8.19. The highest BCUT2D eigenvalue weighted by molar-refractivity contribution is 6.31. The van der Waals surface area contributed by atoms with Crippen LogP contribution in [0.25, 0.3) is 0 Å². The second-order valence-corrected chi connectivity index (χ2v) is 8.63. The number of hydrogen-bond donors (Lipinski definition) is 2. The van der Waals surface area contributed by atoms with Gasteiger partial charge in [-0.25, -0.2) is 4.79 Å². The Bertz CT molecular complexity index is 917. The third-order valence-electron chi connectivity index (χ3n) is 5.20. The lowest BCUT2D eigenvalue weighted by atomic mass is 10.0. The van der Waals surface area contributed by atoms with Crippen LogP contribution in [-0.4, -0.2) is 63.0 Å². The van der Waals surface area contributed by atoms with Gasteiger partial charge in [-0.15, -0.1) is 5.10 Å². The van der Waals surface area contributed by atoms with Gasteiger partial charge in [-0.3, -0.25) is 4.90 Å². The molecule has 0 radical (unpaired) electrons. The number of carbonyl (C=O) groups excluding carboxylic acids is 1. The minimum atomic E-state index is -0.836. The Hall–Kier alpha value is -2.36. The Morgan fingerprint density at radius 1 is 1.35 bits per heavy atom. The summed E-state index contributed by atoms with van der Waals surface area (Å²) in [7, 11) is 0. The standard InChI is InChI=1S/C21H30ClN5O4/c1-12(2)30-21(29)27-7-6-26(10-13(27)3)11-16-8-17(22)9-18(14(16)4)23-20-25-24-19(31-20)15(5)28/h8-9,12-13,15,28H,6-7,10-11H2,1-5H3,(H,23,25)/t13-,15?/m0/s1. The first-order chi connectivity index (χ1) is 14.6. The van der Waals surface area contributed by atoms with Crippen LogP contribution >= 0.6 is 11.6 Å². The molecule has 1 aromatic carbocycles. The first-order valence-electron chi connectivity index (χ1n) is 10.4. The Morgan fingerprint density at radius 3 is 2.71 bits per heavy atom. The fourth-order valence-corrected chi connectivity index (χ4v) is 3.80. The molecule has 1 amide bonds. The minimum absolute atomic E-state index is 0.0503. The highest BCUT2D eigenvalue weighted by Crippen LogP contribution is 2.29. The molecule has 3 rings (SSSR count). The molecule has 1 unspecified atom stereocenters. The van der Waals surface area contributed by atoms with Gasteiger partial charge in [-0.05, 0) is 57.9 Å². The van der Waals surface area contributed by atoms with Gasteiger partial charge < -0.3 is 24.5 Å². The molecule has 31 heavy (non-hydrogen) atoms. The van der Waals surface area contributed by atoms with Crippen LogP contribution in [0.15, 0.2) is 16.5 Å². The van der Waals surface area contributed by atoms with Gasteiger partial charge >= 0.3 is 12.1 Å². The van der Waals surface area contributed by atoms with Crippen LogP contribution in [0.2, 0.25) is 5.02 Å². The van der Waals surface area contributed by atoms with Gasteiger partial charge in [0.1, 0.15) is 6.10 Å². The fraction of sp³-hybridized carbons (Fsp3) is 0.571. The van der Waals surface area contributed by atoms with E-state index in [0.717, 1.165) is 29.9 Å². The molecule has 1 saturated heterocycles. The first kappa shape index (κ1) is 23.3. The highest BCUT2D eigenvalue weighted by Gasteiger charge is 2.29. The van der Waals surface area contributed by atoms with Gasteiger partial charge in [-0.1, -0.05) is 16.7 Å². The number of carbonyl (C=O) groups is 1. The number of rotatable bonds is 6. The van der Waals surface area contributed by atoms with Crippen molar-refractivity contribution in [3.05, 3.63) is 34.2 Å². The molecule has 1 aliphatic heterocycles. The molecule has 2 heterocycles. The molecule has 2 aromatic rings. The maximum Gasteiger partial charge on any atom is 0.410 e. The molecule has 0 aliphatic carbocycles. The summed E-state index contributed by atoms with van der Waals surface area (Å²) in [5.74, 6) is 0.144. The van der Waals surface area contributed by atoms with Crippen LogP contribution < -0.4 is 5.32 Å². The topological polar surface area (TPSA) is 104 Å². The molecule has 9 nitrogen and oxygen atoms in total. The molecule has 0 saturated carbocycles. The van der Waals surface area contributed by atoms with E-state index in [0.29, 0.717) is 18.1 Å². The largest absolute Gasteiger partial charge is 0.447 e. The normalized spacial score (nSPS) is 18.3. The van der Waals surface area contributed by atoms with Crippen molar-refractivity contribution in [2.24, 2.45) is 0 Å². The molecule has 0 spiro atoms. The Morgan fingerprint density at radius 2 is 2.10 bits per heavy atom. The van der Waals surface area contributed by atoms with Crippen LogP contribution in [0.1, 0.15) is 50.8 Å². The summed E-state index contributed by atoms with van der Waals surface area (Å²) in [6.07, 6.45) is -1.23. The zero-order valence-corrected chi connectivity index (χ0v) is 19.3. The highest BCUT2D eigenvalue weighted by atomic mass is 35.5. The number of aromatic nitrogens is 2. The predicted octanol–water partition coefficient (Wildman–Crippen LogP) is 3.88. The van der Waals surface area contributed by atoms with E-state index in [1.807, 2.05) is 33.8 Å². The van der Waals surface area contributed by atoms with Crippen molar-refractivity contribution >= 4 is 29.4 Å². The number of anilines is 2. The van der Waals surface area contributed by atoms with Crippen LogP contribution in [-0.2, 0) is 11.3 Å². The summed E-state index contributed by atoms with van der Waals surface area (Å²) >= 11 is 6.37. The van der Waals surface area contributed by atoms with Gasteiger partial charge in [0.2, 0.25) is 5.89 Å². The predicted molar refractivity (Wildman–Crippen MR) is 117 cm³/mol. The average molecular weight is 452 g/mol. The van der Waals surface area contributed by atoms with E-state index in [1.54, 1.807) is 17.9 Å². The number of piperazine rings is 1. The summed E-state index contributed by atoms with van der Waals surface area (Å²) in [5, 5.41) is 21.0. The third kappa shape index (κ3) is 5.87. The van der Waals surface area contributed by atoms with Gasteiger partial charge in [0.05, 0.1) is 6.10 Å². The van der Waals surface area contributed by atoms with E-state index in [-0.39, 0.29) is 30.1 Å². The van der Waals surface area contributed by atoms with Crippen molar-refractivity contribution in [3.8, 4) is 0 Å².